The Kier molecular flexibility index (Phi) is 6.41. The van der Waals surface area contributed by atoms with E-state index >= 15 is 0 Å². The summed E-state index contributed by atoms with van der Waals surface area (Å²) in [4.78, 5) is 24.2. The number of alkyl halides is 2. The fraction of sp³-hybridized carbons (Fsp3) is 0.579. The lowest BCUT2D eigenvalue weighted by Crippen LogP contribution is -2.76. The molecule has 27 heavy (non-hydrogen) atoms. The molecule has 2 atom stereocenters. The van der Waals surface area contributed by atoms with Crippen molar-refractivity contribution in [2.45, 2.75) is 58.3 Å². The van der Waals surface area contributed by atoms with Crippen LogP contribution >= 0.6 is 0 Å². The third-order valence-corrected chi connectivity index (χ3v) is 5.27. The minimum absolute atomic E-state index is 0.0428. The van der Waals surface area contributed by atoms with E-state index in [4.69, 9.17) is 4.74 Å². The molecule has 0 heterocycles. The molecule has 0 spiro atoms. The lowest BCUT2D eigenvalue weighted by Gasteiger charge is -2.58. The first kappa shape index (κ1) is 21.1. The largest absolute Gasteiger partial charge is 0.479 e. The summed E-state index contributed by atoms with van der Waals surface area (Å²) in [5.41, 5.74) is -1.34. The van der Waals surface area contributed by atoms with Crippen LogP contribution in [0.25, 0.3) is 0 Å². The summed E-state index contributed by atoms with van der Waals surface area (Å²) in [5, 5.41) is 12.4. The Labute approximate surface area is 156 Å². The number of aliphatic carboxylic acids is 1. The van der Waals surface area contributed by atoms with Crippen LogP contribution in [-0.2, 0) is 20.7 Å². The second-order valence-corrected chi connectivity index (χ2v) is 7.15. The molecule has 1 saturated carbocycles. The first-order chi connectivity index (χ1) is 12.6. The lowest BCUT2D eigenvalue weighted by atomic mass is 9.54. The van der Waals surface area contributed by atoms with Gasteiger partial charge >= 0.3 is 12.6 Å². The van der Waals surface area contributed by atoms with Crippen LogP contribution in [0.1, 0.15) is 39.2 Å². The SMILES string of the molecule is CCOC1CC(NC(=O)CCc2ccc(OC(F)F)cc2)(C(=O)O)C1(C)C. The monoisotopic (exact) mass is 385 g/mol. The maximum absolute atomic E-state index is 12.4. The van der Waals surface area contributed by atoms with Crippen molar-refractivity contribution in [3.63, 3.8) is 0 Å². The minimum Gasteiger partial charge on any atom is -0.479 e. The van der Waals surface area contributed by atoms with E-state index < -0.39 is 23.5 Å². The molecular formula is C19H25F2NO5. The summed E-state index contributed by atoms with van der Waals surface area (Å²) in [6, 6.07) is 5.99. The highest BCUT2D eigenvalue weighted by atomic mass is 19.3. The summed E-state index contributed by atoms with van der Waals surface area (Å²) in [5.74, 6) is -1.42. The van der Waals surface area contributed by atoms with Gasteiger partial charge in [-0.05, 0) is 31.0 Å². The number of ether oxygens (including phenoxy) is 2. The zero-order valence-corrected chi connectivity index (χ0v) is 15.6. The number of carbonyl (C=O) groups is 2. The van der Waals surface area contributed by atoms with E-state index in [1.165, 1.54) is 12.1 Å². The van der Waals surface area contributed by atoms with E-state index in [0.29, 0.717) is 13.0 Å². The van der Waals surface area contributed by atoms with Crippen LogP contribution in [0.15, 0.2) is 24.3 Å². The molecule has 1 amide bonds. The Morgan fingerprint density at radius 1 is 1.30 bits per heavy atom. The van der Waals surface area contributed by atoms with Crippen LogP contribution in [0.4, 0.5) is 8.78 Å². The van der Waals surface area contributed by atoms with Crippen molar-refractivity contribution >= 4 is 11.9 Å². The van der Waals surface area contributed by atoms with Crippen molar-refractivity contribution in [3.05, 3.63) is 29.8 Å². The Morgan fingerprint density at radius 2 is 1.93 bits per heavy atom. The maximum Gasteiger partial charge on any atom is 0.387 e. The third-order valence-electron chi connectivity index (χ3n) is 5.27. The summed E-state index contributed by atoms with van der Waals surface area (Å²) in [6.07, 6.45) is 0.418. The normalized spacial score (nSPS) is 23.6. The average molecular weight is 385 g/mol. The van der Waals surface area contributed by atoms with Gasteiger partial charge in [-0.25, -0.2) is 4.79 Å². The number of benzene rings is 1. The second-order valence-electron chi connectivity index (χ2n) is 7.15. The number of hydrogen-bond acceptors (Lipinski definition) is 4. The number of amides is 1. The fourth-order valence-corrected chi connectivity index (χ4v) is 3.43. The van der Waals surface area contributed by atoms with E-state index in [-0.39, 0.29) is 30.6 Å². The molecule has 0 saturated heterocycles. The van der Waals surface area contributed by atoms with E-state index in [0.717, 1.165) is 5.56 Å². The minimum atomic E-state index is -2.89. The average Bonchev–Trinajstić information content (AvgIpc) is 2.59. The molecule has 0 bridgehead atoms. The molecule has 1 aromatic carbocycles. The molecule has 2 N–H and O–H groups in total. The number of aryl methyl sites for hydroxylation is 1. The van der Waals surface area contributed by atoms with Crippen molar-refractivity contribution < 1.29 is 33.0 Å². The standard InChI is InChI=1S/C19H25F2NO5/c1-4-26-14-11-19(16(24)25,18(14,2)3)22-15(23)10-7-12-5-8-13(9-6-12)27-17(20)21/h5-6,8-9,14,17H,4,7,10-11H2,1-3H3,(H,22,23)(H,24,25). The van der Waals surface area contributed by atoms with Gasteiger partial charge in [-0.2, -0.15) is 8.78 Å². The van der Waals surface area contributed by atoms with Crippen LogP contribution in [0.2, 0.25) is 0 Å². The molecule has 0 aromatic heterocycles. The highest BCUT2D eigenvalue weighted by Crippen LogP contribution is 2.51. The smallest absolute Gasteiger partial charge is 0.387 e. The maximum atomic E-state index is 12.4. The van der Waals surface area contributed by atoms with Crippen LogP contribution in [0.3, 0.4) is 0 Å². The first-order valence-corrected chi connectivity index (χ1v) is 8.82. The number of halogens is 2. The molecule has 6 nitrogen and oxygen atoms in total. The van der Waals surface area contributed by atoms with Gasteiger partial charge in [-0.1, -0.05) is 26.0 Å². The summed E-state index contributed by atoms with van der Waals surface area (Å²) >= 11 is 0. The van der Waals surface area contributed by atoms with Crippen LogP contribution < -0.4 is 10.1 Å². The number of carboxylic acid groups (broad SMARTS) is 1. The Bertz CT molecular complexity index is 677. The Morgan fingerprint density at radius 3 is 2.41 bits per heavy atom. The summed E-state index contributed by atoms with van der Waals surface area (Å²) < 4.78 is 34.1. The number of nitrogens with one attached hydrogen (secondary N) is 1. The van der Waals surface area contributed by atoms with Gasteiger partial charge in [-0.3, -0.25) is 4.79 Å². The van der Waals surface area contributed by atoms with E-state index in [1.54, 1.807) is 26.0 Å². The summed E-state index contributed by atoms with van der Waals surface area (Å²) in [6.45, 7) is 2.97. The number of carboxylic acids is 1. The third kappa shape index (κ3) is 4.37. The predicted octanol–water partition coefficient (Wildman–Crippen LogP) is 3.00. The van der Waals surface area contributed by atoms with E-state index in [2.05, 4.69) is 10.1 Å². The molecule has 2 rings (SSSR count). The van der Waals surface area contributed by atoms with Crippen LogP contribution in [0.5, 0.6) is 5.75 Å². The van der Waals surface area contributed by atoms with Crippen molar-refractivity contribution in [1.29, 1.82) is 0 Å². The van der Waals surface area contributed by atoms with Crippen molar-refractivity contribution in [2.24, 2.45) is 5.41 Å². The molecule has 0 radical (unpaired) electrons. The topological polar surface area (TPSA) is 84.9 Å². The van der Waals surface area contributed by atoms with Gasteiger partial charge in [0.2, 0.25) is 5.91 Å². The first-order valence-electron chi connectivity index (χ1n) is 8.82. The molecule has 1 aliphatic rings. The van der Waals surface area contributed by atoms with Crippen molar-refractivity contribution in [3.8, 4) is 5.75 Å². The zero-order chi connectivity index (χ0) is 20.2. The highest BCUT2D eigenvalue weighted by molar-refractivity contribution is 5.89. The van der Waals surface area contributed by atoms with Gasteiger partial charge in [-0.15, -0.1) is 0 Å². The molecule has 8 heteroatoms. The van der Waals surface area contributed by atoms with E-state index in [9.17, 15) is 23.5 Å². The molecule has 150 valence electrons. The van der Waals surface area contributed by atoms with Gasteiger partial charge in [0.1, 0.15) is 11.3 Å². The molecule has 1 aromatic rings. The number of hydrogen-bond donors (Lipinski definition) is 2. The van der Waals surface area contributed by atoms with Gasteiger partial charge in [0, 0.05) is 24.9 Å². The van der Waals surface area contributed by atoms with Gasteiger partial charge in [0.15, 0.2) is 0 Å². The quantitative estimate of drug-likeness (QED) is 0.683. The number of carbonyl (C=O) groups excluding carboxylic acids is 1. The van der Waals surface area contributed by atoms with Crippen LogP contribution in [-0.4, -0.2) is 41.8 Å². The van der Waals surface area contributed by atoms with Crippen molar-refractivity contribution in [1.82, 2.24) is 5.32 Å². The van der Waals surface area contributed by atoms with Crippen molar-refractivity contribution in [2.75, 3.05) is 6.61 Å². The fourth-order valence-electron chi connectivity index (χ4n) is 3.43. The molecule has 2 unspecified atom stereocenters. The van der Waals surface area contributed by atoms with Crippen LogP contribution in [0, 0.1) is 5.41 Å². The van der Waals surface area contributed by atoms with Gasteiger partial charge in [0.25, 0.3) is 0 Å². The lowest BCUT2D eigenvalue weighted by molar-refractivity contribution is -0.194. The number of rotatable bonds is 9. The Balaban J connectivity index is 1.95. The van der Waals surface area contributed by atoms with Gasteiger partial charge in [0.05, 0.1) is 6.10 Å². The highest BCUT2D eigenvalue weighted by Gasteiger charge is 2.66. The van der Waals surface area contributed by atoms with E-state index in [1.807, 2.05) is 6.92 Å². The van der Waals surface area contributed by atoms with Gasteiger partial charge < -0.3 is 19.9 Å². The zero-order valence-electron chi connectivity index (χ0n) is 15.6. The molecule has 1 fully saturated rings. The second kappa shape index (κ2) is 8.21. The molecule has 1 aliphatic carbocycles. The molecule has 0 aliphatic heterocycles. The molecular weight excluding hydrogens is 360 g/mol. The summed E-state index contributed by atoms with van der Waals surface area (Å²) in [7, 11) is 0. The Hall–Kier alpha value is -2.22. The predicted molar refractivity (Wildman–Crippen MR) is 93.7 cm³/mol.